The molecule has 1 saturated carbocycles. The number of cyclic esters (lactones) is 1. The third-order valence-electron chi connectivity index (χ3n) is 7.12. The molecule has 0 aromatic heterocycles. The second-order valence-corrected chi connectivity index (χ2v) is 8.22. The van der Waals surface area contributed by atoms with E-state index in [0.717, 1.165) is 37.7 Å². The normalized spacial score (nSPS) is 37.8. The second kappa shape index (κ2) is 6.60. The largest absolute Gasteiger partial charge is 0.478 e. The number of aliphatic hydroxyl groups excluding tert-OH is 1. The minimum atomic E-state index is -0.820. The van der Waals surface area contributed by atoms with Crippen LogP contribution in [-0.4, -0.2) is 35.4 Å². The van der Waals surface area contributed by atoms with Gasteiger partial charge in [-0.2, -0.15) is 0 Å². The molecule has 0 saturated heterocycles. The summed E-state index contributed by atoms with van der Waals surface area (Å²) < 4.78 is 5.00. The number of hydrogen-bond acceptors (Lipinski definition) is 4. The van der Waals surface area contributed by atoms with Crippen molar-refractivity contribution < 1.29 is 24.5 Å². The summed E-state index contributed by atoms with van der Waals surface area (Å²) in [7, 11) is 0. The van der Waals surface area contributed by atoms with Crippen LogP contribution in [0.3, 0.4) is 0 Å². The monoisotopic (exact) mass is 348 g/mol. The zero-order valence-corrected chi connectivity index (χ0v) is 15.1. The Kier molecular flexibility index (Phi) is 4.80. The van der Waals surface area contributed by atoms with Gasteiger partial charge < -0.3 is 14.9 Å². The van der Waals surface area contributed by atoms with Crippen LogP contribution in [0.4, 0.5) is 0 Å². The summed E-state index contributed by atoms with van der Waals surface area (Å²) in [5, 5.41) is 19.7. The third kappa shape index (κ3) is 2.92. The highest BCUT2D eigenvalue weighted by Gasteiger charge is 2.56. The van der Waals surface area contributed by atoms with E-state index in [9.17, 15) is 19.8 Å². The van der Waals surface area contributed by atoms with Crippen molar-refractivity contribution in [2.45, 2.75) is 52.4 Å². The second-order valence-electron chi connectivity index (χ2n) is 8.22. The maximum absolute atomic E-state index is 11.8. The molecule has 5 heteroatoms. The van der Waals surface area contributed by atoms with Crippen LogP contribution < -0.4 is 0 Å². The Hall–Kier alpha value is -1.62. The predicted octanol–water partition coefficient (Wildman–Crippen LogP) is 3.09. The molecule has 1 heterocycles. The fraction of sp³-hybridized carbons (Fsp3) is 0.700. The number of hydrogen-bond donors (Lipinski definition) is 2. The van der Waals surface area contributed by atoms with E-state index in [1.165, 1.54) is 0 Å². The van der Waals surface area contributed by atoms with Gasteiger partial charge in [0.15, 0.2) is 0 Å². The molecule has 4 unspecified atom stereocenters. The number of ether oxygens (including phenoxy) is 1. The zero-order chi connectivity index (χ0) is 18.2. The molecule has 0 bridgehead atoms. The average Bonchev–Trinajstić information content (AvgIpc) is 2.97. The van der Waals surface area contributed by atoms with E-state index in [2.05, 4.69) is 13.8 Å². The van der Waals surface area contributed by atoms with Crippen molar-refractivity contribution in [1.29, 1.82) is 0 Å². The van der Waals surface area contributed by atoms with Gasteiger partial charge >= 0.3 is 11.9 Å². The van der Waals surface area contributed by atoms with Crippen molar-refractivity contribution in [1.82, 2.24) is 0 Å². The maximum Gasteiger partial charge on any atom is 0.334 e. The lowest BCUT2D eigenvalue weighted by atomic mass is 9.46. The Morgan fingerprint density at radius 3 is 2.68 bits per heavy atom. The highest BCUT2D eigenvalue weighted by atomic mass is 16.5. The molecule has 1 aliphatic heterocycles. The van der Waals surface area contributed by atoms with Crippen LogP contribution in [-0.2, 0) is 14.3 Å². The summed E-state index contributed by atoms with van der Waals surface area (Å²) in [5.74, 6) is -0.728. The molecule has 3 rings (SSSR count). The summed E-state index contributed by atoms with van der Waals surface area (Å²) in [6.45, 7) is 4.72. The first-order valence-corrected chi connectivity index (χ1v) is 9.24. The van der Waals surface area contributed by atoms with Crippen molar-refractivity contribution in [2.75, 3.05) is 13.2 Å². The molecule has 0 amide bonds. The summed E-state index contributed by atoms with van der Waals surface area (Å²) in [6, 6.07) is 0. The van der Waals surface area contributed by atoms with E-state index in [-0.39, 0.29) is 35.2 Å². The highest BCUT2D eigenvalue weighted by molar-refractivity contribution is 5.90. The van der Waals surface area contributed by atoms with Gasteiger partial charge in [-0.25, -0.2) is 9.59 Å². The Balaban J connectivity index is 1.90. The van der Waals surface area contributed by atoms with E-state index in [4.69, 9.17) is 4.74 Å². The van der Waals surface area contributed by atoms with Gasteiger partial charge in [0.1, 0.15) is 6.61 Å². The molecule has 0 aromatic carbocycles. The van der Waals surface area contributed by atoms with Crippen molar-refractivity contribution in [3.8, 4) is 0 Å². The molecular formula is C20H28O5. The first kappa shape index (κ1) is 18.2. The van der Waals surface area contributed by atoms with Crippen LogP contribution in [0.5, 0.6) is 0 Å². The number of carbonyl (C=O) groups excluding carboxylic acids is 1. The van der Waals surface area contributed by atoms with Crippen LogP contribution in [0.2, 0.25) is 0 Å². The van der Waals surface area contributed by atoms with Crippen molar-refractivity contribution in [2.24, 2.45) is 22.7 Å². The molecule has 3 aliphatic rings. The van der Waals surface area contributed by atoms with Gasteiger partial charge in [0.2, 0.25) is 0 Å². The lowest BCUT2D eigenvalue weighted by Crippen LogP contribution is -2.52. The molecule has 25 heavy (non-hydrogen) atoms. The molecular weight excluding hydrogens is 320 g/mol. The Morgan fingerprint density at radius 1 is 1.32 bits per heavy atom. The van der Waals surface area contributed by atoms with E-state index < -0.39 is 5.97 Å². The van der Waals surface area contributed by atoms with Gasteiger partial charge in [0.25, 0.3) is 0 Å². The Bertz CT molecular complexity index is 634. The Labute approximate surface area is 148 Å². The SMILES string of the molecule is CC12CCC(CO)C(C)(CCC3=CCOC3=O)C1CCC=C2C(=O)O. The summed E-state index contributed by atoms with van der Waals surface area (Å²) in [5.41, 5.74) is 0.691. The van der Waals surface area contributed by atoms with Gasteiger partial charge in [-0.3, -0.25) is 0 Å². The van der Waals surface area contributed by atoms with Crippen LogP contribution in [0.15, 0.2) is 23.3 Å². The Morgan fingerprint density at radius 2 is 2.08 bits per heavy atom. The minimum Gasteiger partial charge on any atom is -0.478 e. The number of carbonyl (C=O) groups is 2. The molecule has 2 N–H and O–H groups in total. The van der Waals surface area contributed by atoms with Gasteiger partial charge in [0, 0.05) is 23.2 Å². The van der Waals surface area contributed by atoms with Crippen LogP contribution in [0, 0.1) is 22.7 Å². The number of carboxylic acid groups (broad SMARTS) is 1. The van der Waals surface area contributed by atoms with Crippen molar-refractivity contribution >= 4 is 11.9 Å². The van der Waals surface area contributed by atoms with Crippen LogP contribution in [0.1, 0.15) is 52.4 Å². The predicted molar refractivity (Wildman–Crippen MR) is 92.7 cm³/mol. The molecule has 0 radical (unpaired) electrons. The van der Waals surface area contributed by atoms with E-state index in [1.807, 2.05) is 12.2 Å². The number of fused-ring (bicyclic) bond motifs is 1. The van der Waals surface area contributed by atoms with Gasteiger partial charge in [0.05, 0.1) is 0 Å². The first-order valence-electron chi connectivity index (χ1n) is 9.24. The molecule has 0 spiro atoms. The van der Waals surface area contributed by atoms with Crippen molar-refractivity contribution in [3.05, 3.63) is 23.3 Å². The number of rotatable bonds is 5. The molecule has 138 valence electrons. The molecule has 1 fully saturated rings. The zero-order valence-electron chi connectivity index (χ0n) is 15.1. The number of aliphatic hydroxyl groups is 1. The van der Waals surface area contributed by atoms with E-state index in [1.54, 1.807) is 0 Å². The smallest absolute Gasteiger partial charge is 0.334 e. The summed E-state index contributed by atoms with van der Waals surface area (Å²) in [4.78, 5) is 23.6. The number of allylic oxidation sites excluding steroid dienone is 1. The summed E-state index contributed by atoms with van der Waals surface area (Å²) in [6.07, 6.45) is 8.43. The molecule has 2 aliphatic carbocycles. The number of esters is 1. The lowest BCUT2D eigenvalue weighted by molar-refractivity contribution is -0.137. The fourth-order valence-corrected chi connectivity index (χ4v) is 5.60. The maximum atomic E-state index is 11.8. The molecule has 4 atom stereocenters. The van der Waals surface area contributed by atoms with Gasteiger partial charge in [-0.05, 0) is 61.9 Å². The standard InChI is InChI=1S/C20H28O5/c1-19(9-6-13-8-11-25-18(13)24)14(12-21)7-10-20(2)15(17(22)23)4-3-5-16(19)20/h4,8,14,16,21H,3,5-7,9-12H2,1-2H3,(H,22,23). The first-order chi connectivity index (χ1) is 11.8. The number of aliphatic carboxylic acids is 1. The highest BCUT2D eigenvalue weighted by Crippen LogP contribution is 2.62. The minimum absolute atomic E-state index is 0.110. The topological polar surface area (TPSA) is 83.8 Å². The fourth-order valence-electron chi connectivity index (χ4n) is 5.60. The van der Waals surface area contributed by atoms with Crippen LogP contribution in [0.25, 0.3) is 0 Å². The molecule has 5 nitrogen and oxygen atoms in total. The number of carboxylic acids is 1. The molecule has 0 aromatic rings. The lowest BCUT2D eigenvalue weighted by Gasteiger charge is -2.58. The third-order valence-corrected chi connectivity index (χ3v) is 7.12. The van der Waals surface area contributed by atoms with Gasteiger partial charge in [-0.15, -0.1) is 0 Å². The van der Waals surface area contributed by atoms with Crippen molar-refractivity contribution in [3.63, 3.8) is 0 Å². The average molecular weight is 348 g/mol. The summed E-state index contributed by atoms with van der Waals surface area (Å²) >= 11 is 0. The van der Waals surface area contributed by atoms with E-state index in [0.29, 0.717) is 18.6 Å². The van der Waals surface area contributed by atoms with Gasteiger partial charge in [-0.1, -0.05) is 19.9 Å². The van der Waals surface area contributed by atoms with Crippen LogP contribution >= 0.6 is 0 Å². The van der Waals surface area contributed by atoms with E-state index >= 15 is 0 Å². The quantitative estimate of drug-likeness (QED) is 0.746.